The molecule has 0 spiro atoms. The van der Waals surface area contributed by atoms with E-state index in [1.807, 2.05) is 0 Å². The average molecular weight is 449 g/mol. The molecule has 0 unspecified atom stereocenters. The third-order valence-electron chi connectivity index (χ3n) is 7.92. The zero-order valence-electron chi connectivity index (χ0n) is 17.3. The maximum atomic E-state index is 15.5. The van der Waals surface area contributed by atoms with Crippen molar-refractivity contribution in [3.8, 4) is 0 Å². The highest BCUT2D eigenvalue weighted by atomic mass is 32.2. The molecule has 0 atom stereocenters. The van der Waals surface area contributed by atoms with Crippen molar-refractivity contribution in [2.24, 2.45) is 17.3 Å². The standard InChI is InChI=1S/C22H28F4O3S/c1-15-3-7-17(8-4-15)19-11-13-20(14-12-19,22(25,26)21(19,23)24)29-30(27,28)18-9-5-16(2)6-10-18/h5-6,9-10,15,17H,3-4,7-8,11-14H2,1-2H3. The Morgan fingerprint density at radius 3 is 1.93 bits per heavy atom. The molecular weight excluding hydrogens is 420 g/mol. The van der Waals surface area contributed by atoms with Gasteiger partial charge in [0.25, 0.3) is 10.1 Å². The van der Waals surface area contributed by atoms with Gasteiger partial charge in [-0.15, -0.1) is 0 Å². The highest BCUT2D eigenvalue weighted by molar-refractivity contribution is 7.86. The third-order valence-corrected chi connectivity index (χ3v) is 9.31. The van der Waals surface area contributed by atoms with Gasteiger partial charge in [-0.25, -0.2) is 0 Å². The number of hydrogen-bond acceptors (Lipinski definition) is 3. The highest BCUT2D eigenvalue weighted by Crippen LogP contribution is 2.71. The van der Waals surface area contributed by atoms with Gasteiger partial charge in [0.05, 0.1) is 4.90 Å². The Balaban J connectivity index is 1.67. The van der Waals surface area contributed by atoms with E-state index >= 15 is 17.6 Å². The summed E-state index contributed by atoms with van der Waals surface area (Å²) >= 11 is 0. The molecule has 2 bridgehead atoms. The molecule has 0 aliphatic heterocycles. The molecule has 3 nitrogen and oxygen atoms in total. The number of hydrogen-bond donors (Lipinski definition) is 0. The largest absolute Gasteiger partial charge is 0.340 e. The monoisotopic (exact) mass is 448 g/mol. The number of alkyl halides is 4. The van der Waals surface area contributed by atoms with Gasteiger partial charge in [-0.1, -0.05) is 37.5 Å². The van der Waals surface area contributed by atoms with E-state index in [-0.39, 0.29) is 30.6 Å². The molecule has 4 fully saturated rings. The van der Waals surface area contributed by atoms with Gasteiger partial charge in [-0.3, -0.25) is 4.18 Å². The number of benzene rings is 1. The second-order valence-corrected chi connectivity index (χ2v) is 11.2. The van der Waals surface area contributed by atoms with Crippen molar-refractivity contribution in [1.29, 1.82) is 0 Å². The first-order valence-electron chi connectivity index (χ1n) is 10.6. The summed E-state index contributed by atoms with van der Waals surface area (Å²) in [5.74, 6) is -8.93. The normalized spacial score (nSPS) is 37.8. The van der Waals surface area contributed by atoms with E-state index in [0.717, 1.165) is 18.4 Å². The summed E-state index contributed by atoms with van der Waals surface area (Å²) in [4.78, 5) is -0.301. The molecule has 0 aromatic heterocycles. The first kappa shape index (κ1) is 22.1. The highest BCUT2D eigenvalue weighted by Gasteiger charge is 2.84. The molecule has 4 saturated carbocycles. The lowest BCUT2D eigenvalue weighted by Gasteiger charge is -2.62. The zero-order valence-corrected chi connectivity index (χ0v) is 18.1. The second-order valence-electron chi connectivity index (χ2n) is 9.61. The molecular formula is C22H28F4O3S. The number of halogens is 4. The minimum Gasteiger partial charge on any atom is -0.253 e. The fourth-order valence-corrected chi connectivity index (χ4v) is 7.16. The van der Waals surface area contributed by atoms with E-state index in [1.54, 1.807) is 6.92 Å². The quantitative estimate of drug-likeness (QED) is 0.412. The topological polar surface area (TPSA) is 43.4 Å². The van der Waals surface area contributed by atoms with Gasteiger partial charge in [0.1, 0.15) is 0 Å². The van der Waals surface area contributed by atoms with Crippen LogP contribution in [0.3, 0.4) is 0 Å². The second kappa shape index (κ2) is 6.92. The van der Waals surface area contributed by atoms with Crippen molar-refractivity contribution < 1.29 is 30.2 Å². The fraction of sp³-hybridized carbons (Fsp3) is 0.727. The Morgan fingerprint density at radius 2 is 1.40 bits per heavy atom. The summed E-state index contributed by atoms with van der Waals surface area (Å²) in [6.07, 6.45) is 1.51. The average Bonchev–Trinajstić information content (AvgIpc) is 2.68. The summed E-state index contributed by atoms with van der Waals surface area (Å²) in [5.41, 5.74) is -3.70. The summed E-state index contributed by atoms with van der Waals surface area (Å²) in [6, 6.07) is 5.52. The van der Waals surface area contributed by atoms with Crippen LogP contribution in [0.25, 0.3) is 0 Å². The van der Waals surface area contributed by atoms with Crippen LogP contribution < -0.4 is 0 Å². The van der Waals surface area contributed by atoms with Gasteiger partial charge in [0, 0.05) is 5.41 Å². The summed E-state index contributed by atoms with van der Waals surface area (Å²) in [7, 11) is -4.61. The summed E-state index contributed by atoms with van der Waals surface area (Å²) < 4.78 is 92.1. The van der Waals surface area contributed by atoms with Crippen LogP contribution in [-0.2, 0) is 14.3 Å². The van der Waals surface area contributed by atoms with Crippen molar-refractivity contribution in [1.82, 2.24) is 0 Å². The lowest BCUT2D eigenvalue weighted by molar-refractivity contribution is -0.386. The number of fused-ring (bicyclic) bond motifs is 3. The van der Waals surface area contributed by atoms with Crippen LogP contribution in [0.4, 0.5) is 17.6 Å². The van der Waals surface area contributed by atoms with Crippen LogP contribution in [0, 0.1) is 24.2 Å². The molecule has 0 saturated heterocycles. The van der Waals surface area contributed by atoms with Gasteiger partial charge in [-0.2, -0.15) is 26.0 Å². The molecule has 4 aliphatic rings. The van der Waals surface area contributed by atoms with Crippen molar-refractivity contribution in [3.05, 3.63) is 29.8 Å². The lowest BCUT2D eigenvalue weighted by Crippen LogP contribution is -2.75. The molecule has 1 aromatic rings. The summed E-state index contributed by atoms with van der Waals surface area (Å²) in [6.45, 7) is 3.80. The van der Waals surface area contributed by atoms with E-state index in [9.17, 15) is 8.42 Å². The van der Waals surface area contributed by atoms with Gasteiger partial charge in [-0.05, 0) is 69.4 Å². The zero-order chi connectivity index (χ0) is 22.0. The Bertz CT molecular complexity index is 895. The van der Waals surface area contributed by atoms with Gasteiger partial charge in [0.15, 0.2) is 5.60 Å². The number of rotatable bonds is 4. The fourth-order valence-electron chi connectivity index (χ4n) is 5.90. The van der Waals surface area contributed by atoms with Gasteiger partial charge in [0.2, 0.25) is 0 Å². The Hall–Kier alpha value is -1.15. The molecule has 0 heterocycles. The van der Waals surface area contributed by atoms with Gasteiger partial charge < -0.3 is 0 Å². The van der Waals surface area contributed by atoms with Crippen molar-refractivity contribution in [2.45, 2.75) is 87.6 Å². The molecule has 1 aromatic carbocycles. The number of aryl methyl sites for hydroxylation is 1. The van der Waals surface area contributed by atoms with Crippen molar-refractivity contribution in [3.63, 3.8) is 0 Å². The third kappa shape index (κ3) is 2.96. The van der Waals surface area contributed by atoms with E-state index in [1.165, 1.54) is 24.3 Å². The first-order valence-corrected chi connectivity index (χ1v) is 12.1. The SMILES string of the molecule is Cc1ccc(S(=O)(=O)OC23CCC(C4CCC(C)CC4)(CC2)C(F)(F)C3(F)F)cc1. The Kier molecular flexibility index (Phi) is 5.09. The Labute approximate surface area is 175 Å². The predicted octanol–water partition coefficient (Wildman–Crippen LogP) is 6.11. The van der Waals surface area contributed by atoms with E-state index < -0.39 is 38.9 Å². The maximum absolute atomic E-state index is 15.5. The molecule has 168 valence electrons. The minimum atomic E-state index is -4.61. The minimum absolute atomic E-state index is 0.141. The molecule has 5 rings (SSSR count). The van der Waals surface area contributed by atoms with Gasteiger partial charge >= 0.3 is 11.8 Å². The van der Waals surface area contributed by atoms with Crippen LogP contribution in [0.1, 0.15) is 63.9 Å². The van der Waals surface area contributed by atoms with Crippen LogP contribution in [-0.4, -0.2) is 25.9 Å². The van der Waals surface area contributed by atoms with Crippen LogP contribution in [0.5, 0.6) is 0 Å². The van der Waals surface area contributed by atoms with E-state index in [0.29, 0.717) is 18.8 Å². The predicted molar refractivity (Wildman–Crippen MR) is 104 cm³/mol. The molecule has 8 heteroatoms. The van der Waals surface area contributed by atoms with Crippen molar-refractivity contribution in [2.75, 3.05) is 0 Å². The smallest absolute Gasteiger partial charge is 0.253 e. The molecule has 4 aliphatic carbocycles. The Morgan fingerprint density at radius 1 is 0.867 bits per heavy atom. The lowest BCUT2D eigenvalue weighted by atomic mass is 9.48. The van der Waals surface area contributed by atoms with E-state index in [2.05, 4.69) is 6.92 Å². The molecule has 0 amide bonds. The summed E-state index contributed by atoms with van der Waals surface area (Å²) in [5, 5.41) is 0. The van der Waals surface area contributed by atoms with Crippen LogP contribution in [0.2, 0.25) is 0 Å². The first-order chi connectivity index (χ1) is 13.9. The molecule has 30 heavy (non-hydrogen) atoms. The molecule has 0 N–H and O–H groups in total. The van der Waals surface area contributed by atoms with E-state index in [4.69, 9.17) is 4.18 Å². The maximum Gasteiger partial charge on any atom is 0.340 e. The van der Waals surface area contributed by atoms with Crippen molar-refractivity contribution >= 4 is 10.1 Å². The molecule has 0 radical (unpaired) electrons. The van der Waals surface area contributed by atoms with Crippen LogP contribution >= 0.6 is 0 Å². The van der Waals surface area contributed by atoms with Crippen LogP contribution in [0.15, 0.2) is 29.2 Å².